The fraction of sp³-hybridized carbons (Fsp3) is 0. The van der Waals surface area contributed by atoms with Crippen molar-refractivity contribution < 1.29 is 25.4 Å². The summed E-state index contributed by atoms with van der Waals surface area (Å²) >= 11 is 0. The van der Waals surface area contributed by atoms with E-state index in [9.17, 15) is 16.8 Å². The van der Waals surface area contributed by atoms with E-state index in [0.717, 1.165) is 0 Å². The van der Waals surface area contributed by atoms with Gasteiger partial charge in [0.1, 0.15) is 0 Å². The van der Waals surface area contributed by atoms with E-state index < -0.39 is 36.0 Å². The van der Waals surface area contributed by atoms with Gasteiger partial charge in [-0.1, -0.05) is 0 Å². The molecule has 17 heavy (non-hydrogen) atoms. The van der Waals surface area contributed by atoms with Gasteiger partial charge in [-0.05, 0) is 5.21 Å². The van der Waals surface area contributed by atoms with Gasteiger partial charge in [-0.2, -0.15) is 37.2 Å². The monoisotopic (exact) mass is 286 g/mol. The van der Waals surface area contributed by atoms with Crippen molar-refractivity contribution in [1.29, 1.82) is 0 Å². The minimum atomic E-state index is -4.68. The first-order valence-corrected chi connectivity index (χ1v) is 6.33. The summed E-state index contributed by atoms with van der Waals surface area (Å²) in [6.45, 7) is 0. The van der Waals surface area contributed by atoms with Crippen LogP contribution in [0.25, 0.3) is 0 Å². The highest BCUT2D eigenvalue weighted by Crippen LogP contribution is 2.23. The Balaban J connectivity index is 3.73. The van der Waals surface area contributed by atoms with Gasteiger partial charge in [0, 0.05) is 0 Å². The molecule has 12 nitrogen and oxygen atoms in total. The number of hydrogen-bond donors (Lipinski definition) is 3. The number of rotatable bonds is 4. The van der Waals surface area contributed by atoms with Crippen molar-refractivity contribution in [1.82, 2.24) is 15.4 Å². The largest absolute Gasteiger partial charge is 0.381 e. The fourth-order valence-electron chi connectivity index (χ4n) is 0.804. The van der Waals surface area contributed by atoms with Crippen molar-refractivity contribution >= 4 is 26.1 Å². The van der Waals surface area contributed by atoms with Crippen molar-refractivity contribution in [2.45, 2.75) is 9.92 Å². The fourth-order valence-corrected chi connectivity index (χ4v) is 2.62. The standard InChI is InChI=1S/C3H6N6O6S2/c4-2-1(16(10,11)14-5)3(8-9-7-2)17(12,13)15-6/h5-6H2,(H2,4,7,8). The lowest BCUT2D eigenvalue weighted by Crippen LogP contribution is -2.22. The molecule has 1 heterocycles. The van der Waals surface area contributed by atoms with Crippen LogP contribution in [0.15, 0.2) is 9.92 Å². The number of hydrogen-bond acceptors (Lipinski definition) is 12. The zero-order chi connectivity index (χ0) is 13.3. The summed E-state index contributed by atoms with van der Waals surface area (Å²) in [6, 6.07) is 0. The first-order valence-electron chi connectivity index (χ1n) is 3.52. The van der Waals surface area contributed by atoms with E-state index in [0.29, 0.717) is 0 Å². The quantitative estimate of drug-likeness (QED) is 0.463. The molecule has 1 rings (SSSR count). The summed E-state index contributed by atoms with van der Waals surface area (Å²) in [4.78, 5) is -1.11. The lowest BCUT2D eigenvalue weighted by atomic mass is 10.6. The van der Waals surface area contributed by atoms with Crippen LogP contribution in [0.3, 0.4) is 0 Å². The van der Waals surface area contributed by atoms with Gasteiger partial charge < -0.3 is 5.73 Å². The second-order valence-corrected chi connectivity index (χ2v) is 5.41. The van der Waals surface area contributed by atoms with Gasteiger partial charge >= 0.3 is 20.2 Å². The maximum atomic E-state index is 11.3. The zero-order valence-corrected chi connectivity index (χ0v) is 9.47. The summed E-state index contributed by atoms with van der Waals surface area (Å²) < 4.78 is 52.3. The van der Waals surface area contributed by atoms with Crippen LogP contribution in [0.4, 0.5) is 5.82 Å². The van der Waals surface area contributed by atoms with Crippen molar-refractivity contribution in [2.75, 3.05) is 5.73 Å². The van der Waals surface area contributed by atoms with Gasteiger partial charge in [-0.15, -0.1) is 10.2 Å². The average molecular weight is 286 g/mol. The molecule has 0 bridgehead atoms. The van der Waals surface area contributed by atoms with E-state index in [1.54, 1.807) is 0 Å². The molecule has 0 unspecified atom stereocenters. The van der Waals surface area contributed by atoms with E-state index in [1.807, 2.05) is 0 Å². The summed E-state index contributed by atoms with van der Waals surface area (Å²) in [5.74, 6) is 8.14. The number of nitrogen functional groups attached to an aromatic ring is 1. The summed E-state index contributed by atoms with van der Waals surface area (Å²) in [7, 11) is -9.35. The third-order valence-electron chi connectivity index (χ3n) is 1.46. The summed E-state index contributed by atoms with van der Waals surface area (Å²) in [5, 5.41) is 7.71. The highest BCUT2D eigenvalue weighted by molar-refractivity contribution is 7.89. The molecule has 0 spiro atoms. The van der Waals surface area contributed by atoms with Crippen LogP contribution in [0.1, 0.15) is 0 Å². The normalized spacial score (nSPS) is 12.6. The van der Waals surface area contributed by atoms with Crippen LogP contribution < -0.4 is 17.5 Å². The lowest BCUT2D eigenvalue weighted by molar-refractivity contribution is 0.320. The Morgan fingerprint density at radius 3 is 1.94 bits per heavy atom. The minimum absolute atomic E-state index is 0.791. The van der Waals surface area contributed by atoms with Crippen LogP contribution in [-0.4, -0.2) is 32.2 Å². The predicted octanol–water partition coefficient (Wildman–Crippen LogP) is -3.39. The molecule has 0 aliphatic carbocycles. The van der Waals surface area contributed by atoms with Crippen LogP contribution >= 0.6 is 0 Å². The number of aromatic nitrogens is 3. The van der Waals surface area contributed by atoms with Gasteiger partial charge in [0.25, 0.3) is 0 Å². The maximum Gasteiger partial charge on any atom is 0.333 e. The van der Waals surface area contributed by atoms with E-state index >= 15 is 0 Å². The molecule has 0 saturated heterocycles. The van der Waals surface area contributed by atoms with Crippen molar-refractivity contribution in [3.8, 4) is 0 Å². The zero-order valence-electron chi connectivity index (χ0n) is 7.84. The molecule has 0 radical (unpaired) electrons. The molecule has 0 fully saturated rings. The topological polar surface area (TPSA) is 203 Å². The molecule has 0 atom stereocenters. The van der Waals surface area contributed by atoms with Crippen molar-refractivity contribution in [3.63, 3.8) is 0 Å². The third-order valence-corrected chi connectivity index (χ3v) is 3.75. The minimum Gasteiger partial charge on any atom is -0.381 e. The molecule has 0 aliphatic heterocycles. The molecule has 1 aromatic heterocycles. The Labute approximate surface area is 94.9 Å². The molecule has 14 heteroatoms. The van der Waals surface area contributed by atoms with Gasteiger partial charge in [0.15, 0.2) is 10.7 Å². The first kappa shape index (κ1) is 13.6. The Morgan fingerprint density at radius 1 is 0.941 bits per heavy atom. The smallest absolute Gasteiger partial charge is 0.333 e. The highest BCUT2D eigenvalue weighted by Gasteiger charge is 2.33. The van der Waals surface area contributed by atoms with Crippen LogP contribution in [0, 0.1) is 0 Å². The first-order chi connectivity index (χ1) is 7.76. The van der Waals surface area contributed by atoms with E-state index in [2.05, 4.69) is 35.8 Å². The Morgan fingerprint density at radius 2 is 1.47 bits per heavy atom. The maximum absolute atomic E-state index is 11.3. The second kappa shape index (κ2) is 4.43. The average Bonchev–Trinajstić information content (AvgIpc) is 2.28. The van der Waals surface area contributed by atoms with Crippen LogP contribution in [-0.2, 0) is 28.8 Å². The molecule has 0 saturated carbocycles. The summed E-state index contributed by atoms with van der Waals surface area (Å²) in [6.07, 6.45) is 0. The van der Waals surface area contributed by atoms with E-state index in [4.69, 9.17) is 5.73 Å². The highest BCUT2D eigenvalue weighted by atomic mass is 32.2. The van der Waals surface area contributed by atoms with Crippen LogP contribution in [0.2, 0.25) is 0 Å². The Kier molecular flexibility index (Phi) is 3.55. The predicted molar refractivity (Wildman–Crippen MR) is 49.2 cm³/mol. The molecular weight excluding hydrogens is 280 g/mol. The SMILES string of the molecule is NOS(=O)(=O)c1nnnc(N)c1S(=O)(=O)ON. The van der Waals surface area contributed by atoms with Crippen LogP contribution in [0.5, 0.6) is 0 Å². The van der Waals surface area contributed by atoms with Crippen molar-refractivity contribution in [2.24, 2.45) is 11.8 Å². The molecule has 0 aliphatic rings. The lowest BCUT2D eigenvalue weighted by Gasteiger charge is -2.06. The van der Waals surface area contributed by atoms with Gasteiger partial charge in [-0.25, -0.2) is 0 Å². The molecule has 6 N–H and O–H groups in total. The van der Waals surface area contributed by atoms with Gasteiger partial charge in [0.05, 0.1) is 0 Å². The van der Waals surface area contributed by atoms with Crippen molar-refractivity contribution in [3.05, 3.63) is 0 Å². The third kappa shape index (κ3) is 2.46. The Bertz CT molecular complexity index is 623. The van der Waals surface area contributed by atoms with Gasteiger partial charge in [0.2, 0.25) is 5.03 Å². The number of nitrogens with two attached hydrogens (primary N) is 3. The molecule has 0 aromatic carbocycles. The summed E-state index contributed by atoms with van der Waals surface area (Å²) in [5.41, 5.74) is 5.15. The number of nitrogens with zero attached hydrogens (tertiary/aromatic N) is 3. The molecule has 1 aromatic rings. The Hall–Kier alpha value is -1.45. The molecular formula is C3H6N6O6S2. The molecule has 0 amide bonds. The second-order valence-electron chi connectivity index (χ2n) is 2.41. The van der Waals surface area contributed by atoms with Gasteiger partial charge in [-0.3, -0.25) is 0 Å². The van der Waals surface area contributed by atoms with E-state index in [1.165, 1.54) is 0 Å². The number of anilines is 1. The molecule has 96 valence electrons. The van der Waals surface area contributed by atoms with E-state index in [-0.39, 0.29) is 0 Å².